The number of amides is 4. The quantitative estimate of drug-likeness (QED) is 0.181. The van der Waals surface area contributed by atoms with Crippen LogP contribution in [-0.2, 0) is 20.8 Å². The number of methoxy groups -OCH3 is 1. The topological polar surface area (TPSA) is 157 Å². The van der Waals surface area contributed by atoms with Crippen LogP contribution in [0.4, 0.5) is 21.9 Å². The van der Waals surface area contributed by atoms with Gasteiger partial charge in [-0.2, -0.15) is 0 Å². The third kappa shape index (κ3) is 7.52. The molecule has 1 heterocycles. The van der Waals surface area contributed by atoms with Gasteiger partial charge in [-0.1, -0.05) is 31.2 Å². The Kier molecular flexibility index (Phi) is 9.55. The Morgan fingerprint density at radius 1 is 0.976 bits per heavy atom. The first kappa shape index (κ1) is 29.8. The smallest absolute Gasteiger partial charge is 0.294 e. The molecule has 4 rings (SSSR count). The second-order valence-corrected chi connectivity index (χ2v) is 9.91. The molecule has 0 bridgehead atoms. The van der Waals surface area contributed by atoms with E-state index < -0.39 is 41.0 Å². The molecular weight excluding hydrogens is 564 g/mol. The predicted octanol–water partition coefficient (Wildman–Crippen LogP) is 4.86. The molecule has 0 radical (unpaired) electrons. The van der Waals surface area contributed by atoms with E-state index in [-0.39, 0.29) is 27.8 Å². The van der Waals surface area contributed by atoms with Crippen molar-refractivity contribution in [1.29, 1.82) is 0 Å². The van der Waals surface area contributed by atoms with Crippen molar-refractivity contribution in [3.05, 3.63) is 92.9 Å². The predicted molar refractivity (Wildman–Crippen MR) is 157 cm³/mol. The van der Waals surface area contributed by atoms with E-state index in [2.05, 4.69) is 10.6 Å². The summed E-state index contributed by atoms with van der Waals surface area (Å²) in [4.78, 5) is 61.5. The van der Waals surface area contributed by atoms with E-state index in [1.54, 1.807) is 24.3 Å². The van der Waals surface area contributed by atoms with Gasteiger partial charge in [0.05, 0.1) is 16.9 Å². The number of ether oxygens (including phenoxy) is 2. The van der Waals surface area contributed by atoms with Crippen LogP contribution in [0.15, 0.2) is 71.6 Å². The molecule has 216 valence electrons. The highest BCUT2D eigenvalue weighted by atomic mass is 32.2. The Morgan fingerprint density at radius 3 is 2.40 bits per heavy atom. The fourth-order valence-corrected chi connectivity index (χ4v) is 4.72. The largest absolute Gasteiger partial charge is 0.493 e. The Bertz CT molecular complexity index is 1570. The van der Waals surface area contributed by atoms with Crippen molar-refractivity contribution >= 4 is 57.9 Å². The van der Waals surface area contributed by atoms with Crippen molar-refractivity contribution in [2.24, 2.45) is 0 Å². The van der Waals surface area contributed by atoms with Gasteiger partial charge in [-0.15, -0.1) is 0 Å². The fraction of sp³-hybridized carbons (Fsp3) is 0.172. The summed E-state index contributed by atoms with van der Waals surface area (Å²) in [5.41, 5.74) is 2.28. The summed E-state index contributed by atoms with van der Waals surface area (Å²) in [6, 6.07) is 17.5. The number of nitro groups is 1. The molecule has 13 heteroatoms. The molecule has 0 aliphatic carbocycles. The molecule has 0 saturated carbocycles. The SMILES string of the molecule is CCc1ccc(NC(=O)CN2C(=O)S/C(=C\c3ccc(OCC(=O)Nc4cccc([N+](=O)[O-])c4)c(OC)c3)C2=O)cc1. The standard InChI is InChI=1S/C29H26N4O8S/c1-3-18-7-10-20(11-8-18)30-26(34)16-32-28(36)25(42-29(32)37)14-19-9-12-23(24(13-19)40-2)41-17-27(35)31-21-5-4-6-22(15-21)33(38)39/h4-15H,3,16-17H2,1-2H3,(H,30,34)(H,31,35)/b25-14-. The molecule has 12 nitrogen and oxygen atoms in total. The van der Waals surface area contributed by atoms with E-state index in [0.717, 1.165) is 16.9 Å². The van der Waals surface area contributed by atoms with Crippen LogP contribution in [0.3, 0.4) is 0 Å². The van der Waals surface area contributed by atoms with Gasteiger partial charge >= 0.3 is 0 Å². The van der Waals surface area contributed by atoms with Crippen LogP contribution < -0.4 is 20.1 Å². The number of nitro benzene ring substituents is 1. The van der Waals surface area contributed by atoms with Crippen LogP contribution in [0.2, 0.25) is 0 Å². The van der Waals surface area contributed by atoms with Crippen molar-refractivity contribution < 1.29 is 33.6 Å². The van der Waals surface area contributed by atoms with Crippen LogP contribution >= 0.6 is 11.8 Å². The van der Waals surface area contributed by atoms with Gasteiger partial charge in [-0.25, -0.2) is 0 Å². The summed E-state index contributed by atoms with van der Waals surface area (Å²) in [6.45, 7) is 1.20. The molecule has 1 aliphatic heterocycles. The van der Waals surface area contributed by atoms with Gasteiger partial charge in [0.1, 0.15) is 6.54 Å². The number of imide groups is 1. The van der Waals surface area contributed by atoms with Crippen LogP contribution in [0.25, 0.3) is 6.08 Å². The van der Waals surface area contributed by atoms with Crippen molar-refractivity contribution in [3.8, 4) is 11.5 Å². The van der Waals surface area contributed by atoms with Crippen molar-refractivity contribution in [2.45, 2.75) is 13.3 Å². The molecule has 1 saturated heterocycles. The highest BCUT2D eigenvalue weighted by Gasteiger charge is 2.36. The van der Waals surface area contributed by atoms with Crippen LogP contribution in [0.1, 0.15) is 18.1 Å². The molecule has 42 heavy (non-hydrogen) atoms. The zero-order chi connectivity index (χ0) is 30.2. The number of aryl methyl sites for hydroxylation is 1. The summed E-state index contributed by atoms with van der Waals surface area (Å²) >= 11 is 0.717. The Morgan fingerprint density at radius 2 is 1.71 bits per heavy atom. The molecule has 3 aromatic rings. The third-order valence-electron chi connectivity index (χ3n) is 6.01. The lowest BCUT2D eigenvalue weighted by atomic mass is 10.1. The third-order valence-corrected chi connectivity index (χ3v) is 6.91. The zero-order valence-corrected chi connectivity index (χ0v) is 23.4. The van der Waals surface area contributed by atoms with Crippen molar-refractivity contribution in [1.82, 2.24) is 4.90 Å². The number of hydrogen-bond donors (Lipinski definition) is 2. The van der Waals surface area contributed by atoms with Crippen molar-refractivity contribution in [2.75, 3.05) is 30.9 Å². The van der Waals surface area contributed by atoms with E-state index >= 15 is 0 Å². The van der Waals surface area contributed by atoms with Gasteiger partial charge in [0.15, 0.2) is 18.1 Å². The minimum Gasteiger partial charge on any atom is -0.493 e. The van der Waals surface area contributed by atoms with Crippen LogP contribution in [0.5, 0.6) is 11.5 Å². The number of carbonyl (C=O) groups is 4. The summed E-state index contributed by atoms with van der Waals surface area (Å²) < 4.78 is 10.9. The number of non-ortho nitro benzene ring substituents is 1. The van der Waals surface area contributed by atoms with Gasteiger partial charge in [0, 0.05) is 23.5 Å². The minimum absolute atomic E-state index is 0.132. The van der Waals surface area contributed by atoms with E-state index in [1.165, 1.54) is 43.5 Å². The lowest BCUT2D eigenvalue weighted by Crippen LogP contribution is -2.36. The fourth-order valence-electron chi connectivity index (χ4n) is 3.89. The average molecular weight is 591 g/mol. The number of thioether (sulfide) groups is 1. The Hall–Kier alpha value is -5.17. The average Bonchev–Trinajstić information content (AvgIpc) is 3.23. The lowest BCUT2D eigenvalue weighted by molar-refractivity contribution is -0.384. The van der Waals surface area contributed by atoms with E-state index in [0.29, 0.717) is 23.0 Å². The zero-order valence-electron chi connectivity index (χ0n) is 22.6. The Balaban J connectivity index is 1.36. The number of nitrogens with one attached hydrogen (secondary N) is 2. The molecule has 0 spiro atoms. The lowest BCUT2D eigenvalue weighted by Gasteiger charge is -2.13. The number of anilines is 2. The van der Waals surface area contributed by atoms with Gasteiger partial charge in [0.2, 0.25) is 5.91 Å². The highest BCUT2D eigenvalue weighted by molar-refractivity contribution is 8.18. The van der Waals surface area contributed by atoms with Gasteiger partial charge < -0.3 is 20.1 Å². The summed E-state index contributed by atoms with van der Waals surface area (Å²) in [7, 11) is 1.40. The van der Waals surface area contributed by atoms with E-state index in [4.69, 9.17) is 9.47 Å². The maximum absolute atomic E-state index is 12.9. The number of nitrogens with zero attached hydrogens (tertiary/aromatic N) is 2. The van der Waals surface area contributed by atoms with Crippen molar-refractivity contribution in [3.63, 3.8) is 0 Å². The molecule has 2 N–H and O–H groups in total. The van der Waals surface area contributed by atoms with Gasteiger partial charge in [-0.3, -0.25) is 34.2 Å². The Labute approximate surface area is 244 Å². The summed E-state index contributed by atoms with van der Waals surface area (Å²) in [6.07, 6.45) is 2.36. The molecule has 0 atom stereocenters. The maximum Gasteiger partial charge on any atom is 0.294 e. The van der Waals surface area contributed by atoms with Gasteiger partial charge in [0.25, 0.3) is 22.7 Å². The second-order valence-electron chi connectivity index (χ2n) is 8.92. The first-order valence-electron chi connectivity index (χ1n) is 12.7. The number of benzene rings is 3. The van der Waals surface area contributed by atoms with E-state index in [9.17, 15) is 29.3 Å². The first-order valence-corrected chi connectivity index (χ1v) is 13.5. The second kappa shape index (κ2) is 13.5. The molecule has 1 fully saturated rings. The molecule has 1 aliphatic rings. The first-order chi connectivity index (χ1) is 20.2. The monoisotopic (exact) mass is 590 g/mol. The maximum atomic E-state index is 12.9. The number of rotatable bonds is 11. The molecular formula is C29H26N4O8S. The molecule has 0 aromatic heterocycles. The molecule has 3 aromatic carbocycles. The summed E-state index contributed by atoms with van der Waals surface area (Å²) in [5, 5.41) is 15.6. The normalized spacial score (nSPS) is 13.7. The van der Waals surface area contributed by atoms with E-state index in [1.807, 2.05) is 19.1 Å². The minimum atomic E-state index is -0.599. The summed E-state index contributed by atoms with van der Waals surface area (Å²) in [5.74, 6) is -1.14. The highest BCUT2D eigenvalue weighted by Crippen LogP contribution is 2.34. The molecule has 4 amide bonds. The number of carbonyl (C=O) groups excluding carboxylic acids is 4. The molecule has 0 unspecified atom stereocenters. The number of hydrogen-bond acceptors (Lipinski definition) is 9. The van der Waals surface area contributed by atoms with Crippen LogP contribution in [0, 0.1) is 10.1 Å². The van der Waals surface area contributed by atoms with Gasteiger partial charge in [-0.05, 0) is 65.7 Å². The van der Waals surface area contributed by atoms with Crippen LogP contribution in [-0.4, -0.2) is 53.0 Å².